The normalized spacial score (nSPS) is 23.6. The highest BCUT2D eigenvalue weighted by Crippen LogP contribution is 2.29. The largest absolute Gasteiger partial charge is 0.375 e. The molecule has 5 nitrogen and oxygen atoms in total. The van der Waals surface area contributed by atoms with E-state index in [9.17, 15) is 14.5 Å². The number of nitrogens with one attached hydrogen (secondary N) is 1. The number of nitro benzene ring substituents is 1. The Hall–Kier alpha value is -1.69. The number of rotatable bonds is 3. The minimum absolute atomic E-state index is 0.000317. The van der Waals surface area contributed by atoms with E-state index in [-0.39, 0.29) is 17.8 Å². The van der Waals surface area contributed by atoms with Gasteiger partial charge < -0.3 is 11.1 Å². The summed E-state index contributed by atoms with van der Waals surface area (Å²) in [6.45, 7) is 0. The molecule has 0 saturated heterocycles. The van der Waals surface area contributed by atoms with Crippen LogP contribution in [0.5, 0.6) is 0 Å². The van der Waals surface area contributed by atoms with Crippen LogP contribution >= 0.6 is 0 Å². The first-order chi connectivity index (χ1) is 8.08. The lowest BCUT2D eigenvalue weighted by molar-refractivity contribution is -0.384. The average molecular weight is 239 g/mol. The number of halogens is 1. The second-order valence-electron chi connectivity index (χ2n) is 4.26. The molecule has 17 heavy (non-hydrogen) atoms. The molecule has 1 aliphatic rings. The van der Waals surface area contributed by atoms with Crippen molar-refractivity contribution >= 4 is 11.4 Å². The van der Waals surface area contributed by atoms with E-state index in [2.05, 4.69) is 5.32 Å². The van der Waals surface area contributed by atoms with Crippen molar-refractivity contribution in [3.63, 3.8) is 0 Å². The zero-order valence-corrected chi connectivity index (χ0v) is 9.23. The number of hydrogen-bond acceptors (Lipinski definition) is 4. The van der Waals surface area contributed by atoms with Crippen LogP contribution in [0, 0.1) is 15.9 Å². The smallest absolute Gasteiger partial charge is 0.295 e. The van der Waals surface area contributed by atoms with Gasteiger partial charge in [0.25, 0.3) is 5.69 Å². The Balaban J connectivity index is 2.22. The molecule has 1 fully saturated rings. The van der Waals surface area contributed by atoms with Gasteiger partial charge in [-0.1, -0.05) is 0 Å². The summed E-state index contributed by atoms with van der Waals surface area (Å²) in [5.41, 5.74) is 5.96. The summed E-state index contributed by atoms with van der Waals surface area (Å²) in [6, 6.07) is 3.54. The van der Waals surface area contributed by atoms with Crippen molar-refractivity contribution < 1.29 is 9.31 Å². The lowest BCUT2D eigenvalue weighted by atomic mass is 10.1. The van der Waals surface area contributed by atoms with Gasteiger partial charge in [0.05, 0.1) is 11.0 Å². The van der Waals surface area contributed by atoms with Crippen molar-refractivity contribution in [2.75, 3.05) is 5.32 Å². The molecule has 2 atom stereocenters. The van der Waals surface area contributed by atoms with E-state index in [0.29, 0.717) is 5.69 Å². The molecule has 0 aromatic heterocycles. The summed E-state index contributed by atoms with van der Waals surface area (Å²) in [4.78, 5) is 10.2. The molecule has 1 aromatic rings. The van der Waals surface area contributed by atoms with Gasteiger partial charge in [-0.3, -0.25) is 10.1 Å². The molecule has 2 unspecified atom stereocenters. The summed E-state index contributed by atoms with van der Waals surface area (Å²) in [5, 5.41) is 13.8. The van der Waals surface area contributed by atoms with Crippen molar-refractivity contribution in [3.05, 3.63) is 34.1 Å². The van der Waals surface area contributed by atoms with Crippen LogP contribution < -0.4 is 11.1 Å². The third-order valence-electron chi connectivity index (χ3n) is 3.07. The second-order valence-corrected chi connectivity index (χ2v) is 4.26. The topological polar surface area (TPSA) is 81.2 Å². The van der Waals surface area contributed by atoms with Gasteiger partial charge in [-0.05, 0) is 31.4 Å². The van der Waals surface area contributed by atoms with Gasteiger partial charge >= 0.3 is 0 Å². The van der Waals surface area contributed by atoms with Crippen LogP contribution in [0.3, 0.4) is 0 Å². The van der Waals surface area contributed by atoms with Crippen molar-refractivity contribution in [1.82, 2.24) is 0 Å². The molecule has 1 saturated carbocycles. The van der Waals surface area contributed by atoms with Gasteiger partial charge in [-0.2, -0.15) is 0 Å². The predicted octanol–water partition coefficient (Wildman–Crippen LogP) is 2.03. The fourth-order valence-corrected chi connectivity index (χ4v) is 2.15. The van der Waals surface area contributed by atoms with Crippen LogP contribution in [-0.2, 0) is 0 Å². The first-order valence-electron chi connectivity index (χ1n) is 5.54. The van der Waals surface area contributed by atoms with Crippen LogP contribution in [0.1, 0.15) is 19.3 Å². The quantitative estimate of drug-likeness (QED) is 0.624. The number of nitro groups is 1. The minimum Gasteiger partial charge on any atom is -0.375 e. The maximum atomic E-state index is 12.9. The minimum atomic E-state index is -0.613. The number of nitrogens with two attached hydrogens (primary N) is 1. The molecule has 0 radical (unpaired) electrons. The molecule has 0 heterocycles. The Labute approximate surface area is 98.0 Å². The van der Waals surface area contributed by atoms with Gasteiger partial charge in [0.2, 0.25) is 0 Å². The van der Waals surface area contributed by atoms with Crippen LogP contribution in [-0.4, -0.2) is 17.0 Å². The van der Waals surface area contributed by atoms with Crippen molar-refractivity contribution in [3.8, 4) is 0 Å². The Morgan fingerprint density at radius 2 is 2.24 bits per heavy atom. The van der Waals surface area contributed by atoms with E-state index >= 15 is 0 Å². The van der Waals surface area contributed by atoms with Crippen LogP contribution in [0.15, 0.2) is 18.2 Å². The third-order valence-corrected chi connectivity index (χ3v) is 3.07. The van der Waals surface area contributed by atoms with Gasteiger partial charge in [-0.15, -0.1) is 0 Å². The summed E-state index contributed by atoms with van der Waals surface area (Å²) in [5.74, 6) is -0.613. The van der Waals surface area contributed by atoms with Gasteiger partial charge in [0.15, 0.2) is 0 Å². The van der Waals surface area contributed by atoms with Gasteiger partial charge in [0, 0.05) is 12.1 Å². The Bertz CT molecular complexity index is 439. The molecule has 6 heteroatoms. The highest BCUT2D eigenvalue weighted by Gasteiger charge is 2.26. The first kappa shape index (κ1) is 11.8. The molecule has 0 amide bonds. The van der Waals surface area contributed by atoms with Crippen LogP contribution in [0.25, 0.3) is 0 Å². The second kappa shape index (κ2) is 4.67. The maximum absolute atomic E-state index is 12.9. The number of anilines is 1. The zero-order chi connectivity index (χ0) is 12.4. The molecular weight excluding hydrogens is 225 g/mol. The molecule has 92 valence electrons. The molecule has 0 spiro atoms. The van der Waals surface area contributed by atoms with E-state index in [1.54, 1.807) is 0 Å². The fraction of sp³-hybridized carbons (Fsp3) is 0.455. The lowest BCUT2D eigenvalue weighted by Crippen LogP contribution is -2.35. The summed E-state index contributed by atoms with van der Waals surface area (Å²) in [7, 11) is 0. The Morgan fingerprint density at radius 3 is 2.82 bits per heavy atom. The highest BCUT2D eigenvalue weighted by molar-refractivity contribution is 5.62. The molecule has 2 rings (SSSR count). The van der Waals surface area contributed by atoms with Gasteiger partial charge in [-0.25, -0.2) is 4.39 Å². The van der Waals surface area contributed by atoms with Gasteiger partial charge in [0.1, 0.15) is 11.5 Å². The zero-order valence-electron chi connectivity index (χ0n) is 9.23. The monoisotopic (exact) mass is 239 g/mol. The SMILES string of the molecule is NC1CCCC1Nc1ccc(F)cc1[N+](=O)[O-]. The van der Waals surface area contributed by atoms with E-state index in [1.807, 2.05) is 0 Å². The van der Waals surface area contributed by atoms with E-state index in [0.717, 1.165) is 25.3 Å². The maximum Gasteiger partial charge on any atom is 0.295 e. The summed E-state index contributed by atoms with van der Waals surface area (Å²) < 4.78 is 12.9. The number of hydrogen-bond donors (Lipinski definition) is 2. The van der Waals surface area contributed by atoms with Crippen LogP contribution in [0.2, 0.25) is 0 Å². The third kappa shape index (κ3) is 2.52. The lowest BCUT2D eigenvalue weighted by Gasteiger charge is -2.18. The van der Waals surface area contributed by atoms with Crippen LogP contribution in [0.4, 0.5) is 15.8 Å². The summed E-state index contributed by atoms with van der Waals surface area (Å²) in [6.07, 6.45) is 2.80. The number of nitrogens with zero attached hydrogens (tertiary/aromatic N) is 1. The van der Waals surface area contributed by atoms with Crippen molar-refractivity contribution in [1.29, 1.82) is 0 Å². The fourth-order valence-electron chi connectivity index (χ4n) is 2.15. The first-order valence-corrected chi connectivity index (χ1v) is 5.54. The molecule has 1 aromatic carbocycles. The standard InChI is InChI=1S/C11H14FN3O2/c12-7-4-5-10(11(6-7)15(16)17)14-9-3-1-2-8(9)13/h4-6,8-9,14H,1-3,13H2. The predicted molar refractivity (Wildman–Crippen MR) is 62.3 cm³/mol. The van der Waals surface area contributed by atoms with E-state index in [4.69, 9.17) is 5.73 Å². The summed E-state index contributed by atoms with van der Waals surface area (Å²) >= 11 is 0. The Morgan fingerprint density at radius 1 is 1.47 bits per heavy atom. The Kier molecular flexibility index (Phi) is 3.23. The molecule has 0 aliphatic heterocycles. The molecular formula is C11H14FN3O2. The van der Waals surface area contributed by atoms with Crippen molar-refractivity contribution in [2.45, 2.75) is 31.3 Å². The average Bonchev–Trinajstić information content (AvgIpc) is 2.67. The molecule has 1 aliphatic carbocycles. The highest BCUT2D eigenvalue weighted by atomic mass is 19.1. The number of benzene rings is 1. The van der Waals surface area contributed by atoms with E-state index in [1.165, 1.54) is 12.1 Å². The van der Waals surface area contributed by atoms with Crippen molar-refractivity contribution in [2.24, 2.45) is 5.73 Å². The van der Waals surface area contributed by atoms with E-state index < -0.39 is 10.7 Å². The molecule has 3 N–H and O–H groups in total. The molecule has 0 bridgehead atoms.